The van der Waals surface area contributed by atoms with Crippen molar-refractivity contribution >= 4 is 0 Å². The molecule has 1 atom stereocenters. The van der Waals surface area contributed by atoms with E-state index in [2.05, 4.69) is 45.0 Å². The molecule has 2 fully saturated rings. The van der Waals surface area contributed by atoms with Gasteiger partial charge < -0.3 is 4.74 Å². The van der Waals surface area contributed by atoms with Crippen LogP contribution >= 0.6 is 0 Å². The lowest BCUT2D eigenvalue weighted by Gasteiger charge is -2.23. The summed E-state index contributed by atoms with van der Waals surface area (Å²) in [7, 11) is 0. The lowest BCUT2D eigenvalue weighted by Crippen LogP contribution is -2.26. The Morgan fingerprint density at radius 3 is 2.96 bits per heavy atom. The Hall–Kier alpha value is -2.12. The Balaban J connectivity index is 1.40. The van der Waals surface area contributed by atoms with E-state index in [1.807, 2.05) is 0 Å². The van der Waals surface area contributed by atoms with Crippen LogP contribution in [0.3, 0.4) is 0 Å². The van der Waals surface area contributed by atoms with Crippen molar-refractivity contribution in [3.8, 4) is 23.1 Å². The maximum Gasteiger partial charge on any atom is 0.116 e. The maximum absolute atomic E-state index is 5.87. The zero-order chi connectivity index (χ0) is 16.6. The van der Waals surface area contributed by atoms with Crippen molar-refractivity contribution in [2.24, 2.45) is 5.92 Å². The molecule has 0 unspecified atom stereocenters. The van der Waals surface area contributed by atoms with Gasteiger partial charge in [0.15, 0.2) is 0 Å². The highest BCUT2D eigenvalue weighted by molar-refractivity contribution is 5.69. The van der Waals surface area contributed by atoms with Crippen LogP contribution in [-0.2, 0) is 24.1 Å². The molecule has 2 aliphatic carbocycles. The minimum atomic E-state index is 0.293. The smallest absolute Gasteiger partial charge is 0.116 e. The molecular weight excluding hydrogens is 310 g/mol. The fraction of sp³-hybridized carbons (Fsp3) is 0.524. The van der Waals surface area contributed by atoms with Gasteiger partial charge in [-0.1, -0.05) is 23.1 Å². The predicted molar refractivity (Wildman–Crippen MR) is 96.1 cm³/mol. The Bertz CT molecular complexity index is 848. The lowest BCUT2D eigenvalue weighted by molar-refractivity contribution is 0.00323. The van der Waals surface area contributed by atoms with E-state index < -0.39 is 0 Å². The summed E-state index contributed by atoms with van der Waals surface area (Å²) in [6, 6.07) is 6.56. The minimum Gasteiger partial charge on any atom is -0.376 e. The van der Waals surface area contributed by atoms with Crippen molar-refractivity contribution < 1.29 is 4.74 Å². The third-order valence-electron chi connectivity index (χ3n) is 5.48. The van der Waals surface area contributed by atoms with Crippen molar-refractivity contribution in [3.05, 3.63) is 35.0 Å². The van der Waals surface area contributed by atoms with Gasteiger partial charge in [0.2, 0.25) is 0 Å². The van der Waals surface area contributed by atoms with Crippen molar-refractivity contribution in [3.63, 3.8) is 0 Å². The molecule has 1 aromatic carbocycles. The number of ether oxygens (including phenoxy) is 1. The Kier molecular flexibility index (Phi) is 3.83. The Morgan fingerprint density at radius 2 is 2.12 bits per heavy atom. The summed E-state index contributed by atoms with van der Waals surface area (Å²) in [5, 5.41) is 8.94. The van der Waals surface area contributed by atoms with E-state index in [9.17, 15) is 0 Å². The van der Waals surface area contributed by atoms with Gasteiger partial charge in [-0.05, 0) is 62.6 Å². The number of hydrogen-bond donors (Lipinski definition) is 0. The minimum absolute atomic E-state index is 0.293. The van der Waals surface area contributed by atoms with Crippen molar-refractivity contribution in [2.45, 2.75) is 57.6 Å². The number of benzene rings is 1. The third kappa shape index (κ3) is 3.09. The van der Waals surface area contributed by atoms with E-state index in [1.54, 1.807) is 0 Å². The van der Waals surface area contributed by atoms with E-state index in [1.165, 1.54) is 42.5 Å². The topological polar surface area (TPSA) is 39.9 Å². The predicted octanol–water partition coefficient (Wildman–Crippen LogP) is 3.37. The molecule has 4 heteroatoms. The second-order valence-electron chi connectivity index (χ2n) is 7.47. The molecule has 3 aliphatic rings. The number of hydrogen-bond acceptors (Lipinski definition) is 3. The summed E-state index contributed by atoms with van der Waals surface area (Å²) in [5.74, 6) is 7.33. The standard InChI is InChI=1S/C21H23N3O/c1-2-12-25-18(3-1)14-24-20-11-9-17-13-16(7-6-15-4-5-15)8-10-19(17)21(20)22-23-24/h8,10,13,15,18H,1-5,9,11-12,14H2/t18-/m1/s1. The lowest BCUT2D eigenvalue weighted by atomic mass is 9.90. The first kappa shape index (κ1) is 15.2. The van der Waals surface area contributed by atoms with Gasteiger partial charge in [0.05, 0.1) is 18.3 Å². The quantitative estimate of drug-likeness (QED) is 0.791. The molecule has 2 heterocycles. The monoisotopic (exact) mass is 333 g/mol. The van der Waals surface area contributed by atoms with Gasteiger partial charge in [-0.3, -0.25) is 0 Å². The van der Waals surface area contributed by atoms with Crippen LogP contribution in [0.15, 0.2) is 18.2 Å². The van der Waals surface area contributed by atoms with Crippen LogP contribution in [0.5, 0.6) is 0 Å². The van der Waals surface area contributed by atoms with Crippen molar-refractivity contribution in [1.29, 1.82) is 0 Å². The average molecular weight is 333 g/mol. The van der Waals surface area contributed by atoms with Gasteiger partial charge >= 0.3 is 0 Å². The van der Waals surface area contributed by atoms with Gasteiger partial charge in [-0.15, -0.1) is 5.10 Å². The van der Waals surface area contributed by atoms with E-state index in [4.69, 9.17) is 4.74 Å². The number of fused-ring (bicyclic) bond motifs is 3. The van der Waals surface area contributed by atoms with E-state index in [-0.39, 0.29) is 0 Å². The van der Waals surface area contributed by atoms with Gasteiger partial charge in [0.25, 0.3) is 0 Å². The molecular formula is C21H23N3O. The molecule has 4 nitrogen and oxygen atoms in total. The zero-order valence-corrected chi connectivity index (χ0v) is 14.5. The first-order valence-corrected chi connectivity index (χ1v) is 9.55. The van der Waals surface area contributed by atoms with E-state index in [0.717, 1.165) is 43.7 Å². The molecule has 128 valence electrons. The molecule has 0 spiro atoms. The fourth-order valence-electron chi connectivity index (χ4n) is 3.86. The molecule has 0 radical (unpaired) electrons. The average Bonchev–Trinajstić information content (AvgIpc) is 3.40. The van der Waals surface area contributed by atoms with Gasteiger partial charge in [-0.25, -0.2) is 4.68 Å². The van der Waals surface area contributed by atoms with Crippen LogP contribution in [0.25, 0.3) is 11.3 Å². The molecule has 1 aromatic heterocycles. The number of rotatable bonds is 2. The van der Waals surface area contributed by atoms with E-state index in [0.29, 0.717) is 12.0 Å². The van der Waals surface area contributed by atoms with E-state index >= 15 is 0 Å². The molecule has 1 aliphatic heterocycles. The van der Waals surface area contributed by atoms with Crippen LogP contribution < -0.4 is 0 Å². The van der Waals surface area contributed by atoms with Gasteiger partial charge in [0, 0.05) is 23.7 Å². The van der Waals surface area contributed by atoms with Crippen LogP contribution in [0.1, 0.15) is 48.9 Å². The van der Waals surface area contributed by atoms with Crippen LogP contribution in [0.4, 0.5) is 0 Å². The van der Waals surface area contributed by atoms with Crippen LogP contribution in [-0.4, -0.2) is 27.7 Å². The van der Waals surface area contributed by atoms with Crippen molar-refractivity contribution in [2.75, 3.05) is 6.61 Å². The molecule has 0 bridgehead atoms. The highest BCUT2D eigenvalue weighted by Crippen LogP contribution is 2.33. The highest BCUT2D eigenvalue weighted by Gasteiger charge is 2.24. The maximum atomic E-state index is 5.87. The summed E-state index contributed by atoms with van der Waals surface area (Å²) in [4.78, 5) is 0. The van der Waals surface area contributed by atoms with Gasteiger partial charge in [0.1, 0.15) is 5.69 Å². The first-order chi connectivity index (χ1) is 12.4. The summed E-state index contributed by atoms with van der Waals surface area (Å²) >= 11 is 0. The summed E-state index contributed by atoms with van der Waals surface area (Å²) in [6.45, 7) is 1.72. The molecule has 25 heavy (non-hydrogen) atoms. The van der Waals surface area contributed by atoms with Crippen molar-refractivity contribution in [1.82, 2.24) is 15.0 Å². The number of nitrogens with zero attached hydrogens (tertiary/aromatic N) is 3. The summed E-state index contributed by atoms with van der Waals surface area (Å²) in [5.41, 5.74) is 6.04. The second-order valence-corrected chi connectivity index (χ2v) is 7.47. The van der Waals surface area contributed by atoms with Crippen LogP contribution in [0.2, 0.25) is 0 Å². The normalized spacial score (nSPS) is 21.8. The summed E-state index contributed by atoms with van der Waals surface area (Å²) in [6.07, 6.45) is 8.46. The molecule has 0 amide bonds. The Labute approximate surface area is 148 Å². The molecule has 1 saturated heterocycles. The zero-order valence-electron chi connectivity index (χ0n) is 14.5. The third-order valence-corrected chi connectivity index (χ3v) is 5.48. The largest absolute Gasteiger partial charge is 0.376 e. The number of aromatic nitrogens is 3. The number of aryl methyl sites for hydroxylation is 1. The Morgan fingerprint density at radius 1 is 1.16 bits per heavy atom. The molecule has 1 saturated carbocycles. The highest BCUT2D eigenvalue weighted by atomic mass is 16.5. The van der Waals surface area contributed by atoms with Gasteiger partial charge in [-0.2, -0.15) is 0 Å². The fourth-order valence-corrected chi connectivity index (χ4v) is 3.86. The molecule has 5 rings (SSSR count). The molecule has 2 aromatic rings. The molecule has 0 N–H and O–H groups in total. The summed E-state index contributed by atoms with van der Waals surface area (Å²) < 4.78 is 7.95. The SMILES string of the molecule is C(#CC1CC1)c1ccc2c(c1)CCc1c-2nnn1C[C@H]1CCCCO1. The van der Waals surface area contributed by atoms with Crippen LogP contribution in [0, 0.1) is 17.8 Å². The second kappa shape index (κ2) is 6.31. The first-order valence-electron chi connectivity index (χ1n) is 9.55.